The Balaban J connectivity index is 2.57. The Hall–Kier alpha value is -1.17. The molecule has 0 spiro atoms. The summed E-state index contributed by atoms with van der Waals surface area (Å²) in [4.78, 5) is 8.34. The first-order valence-corrected chi connectivity index (χ1v) is 5.12. The van der Waals surface area contributed by atoms with Gasteiger partial charge in [-0.2, -0.15) is 0 Å². The molecular weight excluding hydrogens is 291 g/mol. The van der Waals surface area contributed by atoms with E-state index in [4.69, 9.17) is 0 Å². The number of pyridine rings is 2. The molecule has 0 unspecified atom stereocenters. The molecule has 0 saturated carbocycles. The van der Waals surface area contributed by atoms with Gasteiger partial charge in [0, 0.05) is 6.20 Å². The van der Waals surface area contributed by atoms with Crippen LogP contribution in [0.5, 0.6) is 5.75 Å². The second kappa shape index (κ2) is 3.91. The number of hydrogen-bond acceptors (Lipinski definition) is 3. The van der Waals surface area contributed by atoms with Crippen molar-refractivity contribution in [3.63, 3.8) is 0 Å². The Morgan fingerprint density at radius 1 is 1.14 bits per heavy atom. The third-order valence-corrected chi connectivity index (χ3v) is 2.35. The van der Waals surface area contributed by atoms with Crippen molar-refractivity contribution in [2.24, 2.45) is 0 Å². The molecule has 0 aromatic carbocycles. The van der Waals surface area contributed by atoms with Crippen LogP contribution in [0.2, 0.25) is 0 Å². The lowest BCUT2D eigenvalue weighted by Gasteiger charge is -2.02. The van der Waals surface area contributed by atoms with Crippen molar-refractivity contribution in [3.05, 3.63) is 40.2 Å². The molecule has 1 N–H and O–H groups in total. The van der Waals surface area contributed by atoms with Crippen LogP contribution in [-0.4, -0.2) is 15.1 Å². The SMILES string of the molecule is Oc1ccc(I)nc1-c1ccccn1. The minimum absolute atomic E-state index is 0.157. The van der Waals surface area contributed by atoms with E-state index in [2.05, 4.69) is 32.6 Å². The van der Waals surface area contributed by atoms with Gasteiger partial charge in [0.2, 0.25) is 0 Å². The fraction of sp³-hybridized carbons (Fsp3) is 0. The number of rotatable bonds is 1. The Labute approximate surface area is 95.0 Å². The molecule has 2 aromatic heterocycles. The van der Waals surface area contributed by atoms with Crippen LogP contribution in [0.3, 0.4) is 0 Å². The van der Waals surface area contributed by atoms with E-state index < -0.39 is 0 Å². The summed E-state index contributed by atoms with van der Waals surface area (Å²) in [5.41, 5.74) is 1.21. The molecular formula is C10H7IN2O. The molecule has 2 heterocycles. The van der Waals surface area contributed by atoms with Gasteiger partial charge in [-0.05, 0) is 46.9 Å². The van der Waals surface area contributed by atoms with Crippen molar-refractivity contribution in [2.75, 3.05) is 0 Å². The van der Waals surface area contributed by atoms with E-state index >= 15 is 0 Å². The molecule has 0 amide bonds. The monoisotopic (exact) mass is 298 g/mol. The maximum atomic E-state index is 9.58. The van der Waals surface area contributed by atoms with Gasteiger partial charge in [-0.15, -0.1) is 0 Å². The number of halogens is 1. The summed E-state index contributed by atoms with van der Waals surface area (Å²) in [6.45, 7) is 0. The van der Waals surface area contributed by atoms with Gasteiger partial charge in [0.15, 0.2) is 0 Å². The molecule has 0 atom stereocenters. The van der Waals surface area contributed by atoms with Crippen molar-refractivity contribution in [1.82, 2.24) is 9.97 Å². The summed E-state index contributed by atoms with van der Waals surface area (Å²) in [5.74, 6) is 0.157. The highest BCUT2D eigenvalue weighted by Gasteiger charge is 2.06. The van der Waals surface area contributed by atoms with Crippen LogP contribution in [-0.2, 0) is 0 Å². The van der Waals surface area contributed by atoms with Crippen LogP contribution >= 0.6 is 22.6 Å². The maximum Gasteiger partial charge on any atom is 0.143 e. The van der Waals surface area contributed by atoms with Crippen LogP contribution in [0.4, 0.5) is 0 Å². The Bertz CT molecular complexity index is 445. The Morgan fingerprint density at radius 2 is 2.00 bits per heavy atom. The molecule has 14 heavy (non-hydrogen) atoms. The molecule has 0 fully saturated rings. The highest BCUT2D eigenvalue weighted by atomic mass is 127. The maximum absolute atomic E-state index is 9.58. The summed E-state index contributed by atoms with van der Waals surface area (Å²) in [6.07, 6.45) is 1.68. The van der Waals surface area contributed by atoms with Gasteiger partial charge in [-0.1, -0.05) is 6.07 Å². The number of nitrogens with zero attached hydrogens (tertiary/aromatic N) is 2. The van der Waals surface area contributed by atoms with E-state index in [1.54, 1.807) is 18.3 Å². The zero-order valence-corrected chi connectivity index (χ0v) is 9.34. The predicted octanol–water partition coefficient (Wildman–Crippen LogP) is 2.45. The first-order chi connectivity index (χ1) is 6.77. The van der Waals surface area contributed by atoms with Crippen molar-refractivity contribution >= 4 is 22.6 Å². The average molecular weight is 298 g/mol. The smallest absolute Gasteiger partial charge is 0.143 e. The molecule has 70 valence electrons. The van der Waals surface area contributed by atoms with Crippen LogP contribution in [0.15, 0.2) is 36.5 Å². The van der Waals surface area contributed by atoms with Gasteiger partial charge < -0.3 is 5.11 Å². The van der Waals surface area contributed by atoms with Gasteiger partial charge in [0.1, 0.15) is 15.1 Å². The molecule has 0 aliphatic heterocycles. The summed E-state index contributed by atoms with van der Waals surface area (Å²) in [6, 6.07) is 8.89. The molecule has 0 saturated heterocycles. The minimum Gasteiger partial charge on any atom is -0.506 e. The van der Waals surface area contributed by atoms with E-state index in [9.17, 15) is 5.11 Å². The summed E-state index contributed by atoms with van der Waals surface area (Å²) in [7, 11) is 0. The van der Waals surface area contributed by atoms with Crippen LogP contribution in [0.1, 0.15) is 0 Å². The van der Waals surface area contributed by atoms with Crippen molar-refractivity contribution in [2.45, 2.75) is 0 Å². The van der Waals surface area contributed by atoms with Gasteiger partial charge >= 0.3 is 0 Å². The summed E-state index contributed by atoms with van der Waals surface area (Å²) in [5, 5.41) is 9.58. The highest BCUT2D eigenvalue weighted by molar-refractivity contribution is 14.1. The van der Waals surface area contributed by atoms with Gasteiger partial charge in [-0.25, -0.2) is 4.98 Å². The number of aromatic nitrogens is 2. The summed E-state index contributed by atoms with van der Waals surface area (Å²) < 4.78 is 0.834. The lowest BCUT2D eigenvalue weighted by atomic mass is 10.2. The van der Waals surface area contributed by atoms with E-state index in [1.807, 2.05) is 18.2 Å². The second-order valence-corrected chi connectivity index (χ2v) is 3.82. The zero-order valence-electron chi connectivity index (χ0n) is 7.18. The van der Waals surface area contributed by atoms with Gasteiger partial charge in [0.25, 0.3) is 0 Å². The van der Waals surface area contributed by atoms with Crippen molar-refractivity contribution < 1.29 is 5.11 Å². The first-order valence-electron chi connectivity index (χ1n) is 4.04. The van der Waals surface area contributed by atoms with E-state index in [0.29, 0.717) is 11.4 Å². The third kappa shape index (κ3) is 1.84. The molecule has 2 aromatic rings. The highest BCUT2D eigenvalue weighted by Crippen LogP contribution is 2.25. The fourth-order valence-corrected chi connectivity index (χ4v) is 1.54. The third-order valence-electron chi connectivity index (χ3n) is 1.75. The lowest BCUT2D eigenvalue weighted by Crippen LogP contribution is -1.89. The van der Waals surface area contributed by atoms with Crippen LogP contribution in [0.25, 0.3) is 11.4 Å². The topological polar surface area (TPSA) is 46.0 Å². The second-order valence-electron chi connectivity index (χ2n) is 2.72. The minimum atomic E-state index is 0.157. The standard InChI is InChI=1S/C10H7IN2O/c11-9-5-4-8(14)10(13-9)7-3-1-2-6-12-7/h1-6,14H. The van der Waals surface area contributed by atoms with Crippen LogP contribution in [0, 0.1) is 3.70 Å². The fourth-order valence-electron chi connectivity index (χ4n) is 1.12. The van der Waals surface area contributed by atoms with Crippen molar-refractivity contribution in [3.8, 4) is 17.1 Å². The van der Waals surface area contributed by atoms with E-state index in [-0.39, 0.29) is 5.75 Å². The quantitative estimate of drug-likeness (QED) is 0.650. The molecule has 3 nitrogen and oxygen atoms in total. The Kier molecular flexibility index (Phi) is 2.62. The van der Waals surface area contributed by atoms with Crippen molar-refractivity contribution in [1.29, 1.82) is 0 Å². The predicted molar refractivity (Wildman–Crippen MR) is 61.8 cm³/mol. The first kappa shape index (κ1) is 9.39. The largest absolute Gasteiger partial charge is 0.506 e. The molecule has 0 aliphatic carbocycles. The molecule has 4 heteroatoms. The molecule has 0 aliphatic rings. The van der Waals surface area contributed by atoms with E-state index in [1.165, 1.54) is 0 Å². The Morgan fingerprint density at radius 3 is 2.71 bits per heavy atom. The van der Waals surface area contributed by atoms with E-state index in [0.717, 1.165) is 3.70 Å². The zero-order chi connectivity index (χ0) is 9.97. The van der Waals surface area contributed by atoms with Crippen LogP contribution < -0.4 is 0 Å². The number of hydrogen-bond donors (Lipinski definition) is 1. The van der Waals surface area contributed by atoms with Gasteiger partial charge in [-0.3, -0.25) is 4.98 Å². The molecule has 0 bridgehead atoms. The molecule has 2 rings (SSSR count). The number of aromatic hydroxyl groups is 1. The average Bonchev–Trinajstić information content (AvgIpc) is 2.23. The lowest BCUT2D eigenvalue weighted by molar-refractivity contribution is 0.474. The van der Waals surface area contributed by atoms with Gasteiger partial charge in [0.05, 0.1) is 5.69 Å². The summed E-state index contributed by atoms with van der Waals surface area (Å²) >= 11 is 2.10. The molecule has 0 radical (unpaired) electrons. The normalized spacial score (nSPS) is 10.1.